The fourth-order valence-corrected chi connectivity index (χ4v) is 0.307. The molecule has 0 spiro atoms. The zero-order valence-corrected chi connectivity index (χ0v) is 4.78. The lowest BCUT2D eigenvalue weighted by atomic mass is 10.2. The van der Waals surface area contributed by atoms with Gasteiger partial charge in [0.2, 0.25) is 0 Å². The second kappa shape index (κ2) is 3.70. The highest BCUT2D eigenvalue weighted by atomic mass is 19.3. The van der Waals surface area contributed by atoms with Crippen LogP contribution in [0.2, 0.25) is 0 Å². The molecule has 0 bridgehead atoms. The van der Waals surface area contributed by atoms with E-state index < -0.39 is 25.1 Å². The highest BCUT2D eigenvalue weighted by molar-refractivity contribution is 4.75. The van der Waals surface area contributed by atoms with Gasteiger partial charge in [-0.1, -0.05) is 0 Å². The average Bonchev–Trinajstić information content (AvgIpc) is 1.84. The number of halogens is 5. The van der Waals surface area contributed by atoms with Crippen molar-refractivity contribution in [2.24, 2.45) is 5.73 Å². The maximum atomic E-state index is 11.8. The van der Waals surface area contributed by atoms with Gasteiger partial charge in [-0.25, -0.2) is 22.0 Å². The monoisotopic (exact) mass is 163 g/mol. The van der Waals surface area contributed by atoms with Gasteiger partial charge in [0.05, 0.1) is 0 Å². The number of hydrogen-bond acceptors (Lipinski definition) is 1. The van der Waals surface area contributed by atoms with Crippen LogP contribution in [0.4, 0.5) is 22.0 Å². The largest absolute Gasteiger partial charge is 0.320 e. The van der Waals surface area contributed by atoms with E-state index in [0.29, 0.717) is 0 Å². The Morgan fingerprint density at radius 1 is 0.800 bits per heavy atom. The topological polar surface area (TPSA) is 26.0 Å². The summed E-state index contributed by atoms with van der Waals surface area (Å²) >= 11 is 0. The van der Waals surface area contributed by atoms with Gasteiger partial charge in [0, 0.05) is 0 Å². The molecule has 0 saturated heterocycles. The van der Waals surface area contributed by atoms with Crippen LogP contribution < -0.4 is 5.73 Å². The summed E-state index contributed by atoms with van der Waals surface area (Å²) in [7, 11) is 0. The zero-order chi connectivity index (χ0) is 8.31. The first-order chi connectivity index (χ1) is 4.46. The van der Waals surface area contributed by atoms with Crippen molar-refractivity contribution in [2.45, 2.75) is 25.1 Å². The van der Waals surface area contributed by atoms with Gasteiger partial charge in [-0.05, 0) is 0 Å². The maximum absolute atomic E-state index is 11.8. The highest BCUT2D eigenvalue weighted by Crippen LogP contribution is 2.13. The van der Waals surface area contributed by atoms with Gasteiger partial charge in [0.15, 0.2) is 6.17 Å². The van der Waals surface area contributed by atoms with E-state index in [1.807, 2.05) is 0 Å². The predicted octanol–water partition coefficient (Wildman–Crippen LogP) is 1.18. The van der Waals surface area contributed by atoms with Crippen LogP contribution >= 0.6 is 0 Å². The Hall–Kier alpha value is -0.390. The molecule has 0 fully saturated rings. The van der Waals surface area contributed by atoms with Crippen LogP contribution in [0.1, 0.15) is 0 Å². The van der Waals surface area contributed by atoms with E-state index in [0.717, 1.165) is 0 Å². The van der Waals surface area contributed by atoms with E-state index in [-0.39, 0.29) is 0 Å². The smallest absolute Gasteiger partial charge is 0.271 e. The molecule has 0 aromatic rings. The predicted molar refractivity (Wildman–Crippen MR) is 24.9 cm³/mol. The summed E-state index contributed by atoms with van der Waals surface area (Å²) in [6.07, 6.45) is -9.63. The number of alkyl halides is 5. The van der Waals surface area contributed by atoms with E-state index in [1.165, 1.54) is 0 Å². The molecule has 0 radical (unpaired) electrons. The molecule has 6 heteroatoms. The van der Waals surface area contributed by atoms with Crippen molar-refractivity contribution in [3.05, 3.63) is 0 Å². The average molecular weight is 163 g/mol. The van der Waals surface area contributed by atoms with Crippen molar-refractivity contribution in [3.8, 4) is 0 Å². The second-order valence-corrected chi connectivity index (χ2v) is 1.69. The molecule has 0 aliphatic carbocycles. The zero-order valence-electron chi connectivity index (χ0n) is 4.78. The summed E-state index contributed by atoms with van der Waals surface area (Å²) < 4.78 is 57.0. The fourth-order valence-electron chi connectivity index (χ4n) is 0.307. The molecule has 0 aromatic heterocycles. The minimum absolute atomic E-state index is 2.39. The minimum Gasteiger partial charge on any atom is -0.320 e. The highest BCUT2D eigenvalue weighted by Gasteiger charge is 2.32. The molecule has 0 aliphatic heterocycles. The molecule has 0 amide bonds. The molecule has 2 atom stereocenters. The summed E-state index contributed by atoms with van der Waals surface area (Å²) in [5, 5.41) is 0. The Labute approximate surface area is 54.0 Å². The first-order valence-electron chi connectivity index (χ1n) is 2.42. The number of hydrogen-bond donors (Lipinski definition) is 1. The van der Waals surface area contributed by atoms with Gasteiger partial charge in [-0.3, -0.25) is 0 Å². The Morgan fingerprint density at radius 3 is 1.30 bits per heavy atom. The van der Waals surface area contributed by atoms with E-state index in [4.69, 9.17) is 0 Å². The van der Waals surface area contributed by atoms with Crippen LogP contribution in [-0.2, 0) is 0 Å². The molecule has 2 N–H and O–H groups in total. The third-order valence-electron chi connectivity index (χ3n) is 0.899. The van der Waals surface area contributed by atoms with Crippen LogP contribution in [0.25, 0.3) is 0 Å². The molecule has 0 rings (SSSR count). The van der Waals surface area contributed by atoms with Gasteiger partial charge in [-0.15, -0.1) is 0 Å². The van der Waals surface area contributed by atoms with Crippen LogP contribution in [0.5, 0.6) is 0 Å². The standard InChI is InChI=1S/C4H6F5N/c5-1(3(6)7)2(10)4(8)9/h1-4H,10H2. The van der Waals surface area contributed by atoms with Gasteiger partial charge in [0.25, 0.3) is 12.9 Å². The molecule has 1 nitrogen and oxygen atoms in total. The minimum atomic E-state index is -3.44. The summed E-state index contributed by atoms with van der Waals surface area (Å²) in [6.45, 7) is 0. The third kappa shape index (κ3) is 2.47. The van der Waals surface area contributed by atoms with Crippen LogP contribution in [0.15, 0.2) is 0 Å². The normalized spacial score (nSPS) is 18.0. The Kier molecular flexibility index (Phi) is 3.55. The lowest BCUT2D eigenvalue weighted by Crippen LogP contribution is -2.42. The van der Waals surface area contributed by atoms with Gasteiger partial charge >= 0.3 is 0 Å². The second-order valence-electron chi connectivity index (χ2n) is 1.69. The van der Waals surface area contributed by atoms with Gasteiger partial charge in [-0.2, -0.15) is 0 Å². The molecule has 0 saturated carbocycles. The molecule has 10 heavy (non-hydrogen) atoms. The van der Waals surface area contributed by atoms with Crippen molar-refractivity contribution in [3.63, 3.8) is 0 Å². The molecular weight excluding hydrogens is 157 g/mol. The Balaban J connectivity index is 3.81. The first kappa shape index (κ1) is 9.61. The lowest BCUT2D eigenvalue weighted by Gasteiger charge is -2.13. The number of rotatable bonds is 3. The summed E-state index contributed by atoms with van der Waals surface area (Å²) in [4.78, 5) is 0. The molecule has 0 heterocycles. The van der Waals surface area contributed by atoms with E-state index in [1.54, 1.807) is 0 Å². The third-order valence-corrected chi connectivity index (χ3v) is 0.899. The van der Waals surface area contributed by atoms with Gasteiger partial charge < -0.3 is 5.73 Å². The van der Waals surface area contributed by atoms with Crippen LogP contribution in [0.3, 0.4) is 0 Å². The van der Waals surface area contributed by atoms with Crippen molar-refractivity contribution in [1.29, 1.82) is 0 Å². The summed E-state index contributed by atoms with van der Waals surface area (Å²) in [5.41, 5.74) is 4.36. The van der Waals surface area contributed by atoms with Crippen molar-refractivity contribution in [2.75, 3.05) is 0 Å². The molecule has 2 unspecified atom stereocenters. The van der Waals surface area contributed by atoms with E-state index in [2.05, 4.69) is 5.73 Å². The van der Waals surface area contributed by atoms with Crippen molar-refractivity contribution < 1.29 is 22.0 Å². The molecular formula is C4H6F5N. The van der Waals surface area contributed by atoms with E-state index >= 15 is 0 Å². The van der Waals surface area contributed by atoms with Crippen LogP contribution in [0, 0.1) is 0 Å². The molecule has 0 aromatic carbocycles. The summed E-state index contributed by atoms with van der Waals surface area (Å²) in [5.74, 6) is 0. The maximum Gasteiger partial charge on any atom is 0.271 e. The van der Waals surface area contributed by atoms with Crippen molar-refractivity contribution >= 4 is 0 Å². The first-order valence-corrected chi connectivity index (χ1v) is 2.42. The van der Waals surface area contributed by atoms with Crippen molar-refractivity contribution in [1.82, 2.24) is 0 Å². The Bertz CT molecular complexity index is 83.6. The molecule has 0 aliphatic rings. The van der Waals surface area contributed by atoms with Gasteiger partial charge in [0.1, 0.15) is 6.04 Å². The van der Waals surface area contributed by atoms with Crippen LogP contribution in [-0.4, -0.2) is 25.1 Å². The van der Waals surface area contributed by atoms with E-state index in [9.17, 15) is 22.0 Å². The fraction of sp³-hybridized carbons (Fsp3) is 1.00. The summed E-state index contributed by atoms with van der Waals surface area (Å²) in [6, 6.07) is -2.39. The SMILES string of the molecule is NC(C(F)F)C(F)C(F)F. The lowest BCUT2D eigenvalue weighted by molar-refractivity contribution is -0.00956. The number of nitrogens with two attached hydrogens (primary N) is 1. The Morgan fingerprint density at radius 2 is 1.20 bits per heavy atom. The molecule has 62 valence electrons. The quantitative estimate of drug-likeness (QED) is 0.621.